The van der Waals surface area contributed by atoms with Crippen molar-refractivity contribution in [3.8, 4) is 5.75 Å². The number of hydrogen-bond donors (Lipinski definition) is 1. The molecule has 0 aliphatic rings. The predicted octanol–water partition coefficient (Wildman–Crippen LogP) is 1.98. The lowest BCUT2D eigenvalue weighted by molar-refractivity contribution is 0.199. The third kappa shape index (κ3) is 4.31. The molecule has 0 fully saturated rings. The summed E-state index contributed by atoms with van der Waals surface area (Å²) in [6.45, 7) is 5.11. The van der Waals surface area contributed by atoms with E-state index in [4.69, 9.17) is 9.47 Å². The molecule has 0 aliphatic carbocycles. The van der Waals surface area contributed by atoms with Gasteiger partial charge in [-0.3, -0.25) is 4.68 Å². The maximum absolute atomic E-state index is 5.38. The van der Waals surface area contributed by atoms with Crippen LogP contribution in [0.5, 0.6) is 5.75 Å². The second-order valence-electron chi connectivity index (χ2n) is 4.92. The van der Waals surface area contributed by atoms with Gasteiger partial charge in [-0.2, -0.15) is 5.10 Å². The van der Waals surface area contributed by atoms with Crippen LogP contribution in [0.3, 0.4) is 0 Å². The number of methoxy groups -OCH3 is 2. The lowest BCUT2D eigenvalue weighted by Gasteiger charge is -2.07. The van der Waals surface area contributed by atoms with E-state index in [1.54, 1.807) is 14.2 Å². The van der Waals surface area contributed by atoms with Crippen molar-refractivity contribution in [1.82, 2.24) is 15.1 Å². The van der Waals surface area contributed by atoms with Crippen LogP contribution < -0.4 is 10.1 Å². The minimum atomic E-state index is 0.711. The van der Waals surface area contributed by atoms with E-state index in [9.17, 15) is 0 Å². The number of benzene rings is 1. The number of nitrogens with zero attached hydrogens (tertiary/aromatic N) is 2. The number of para-hydroxylation sites is 1. The summed E-state index contributed by atoms with van der Waals surface area (Å²) in [6, 6.07) is 8.02. The van der Waals surface area contributed by atoms with Gasteiger partial charge in [-0.25, -0.2) is 0 Å². The molecule has 0 aliphatic heterocycles. The highest BCUT2D eigenvalue weighted by Gasteiger charge is 2.07. The van der Waals surface area contributed by atoms with E-state index >= 15 is 0 Å². The van der Waals surface area contributed by atoms with Crippen molar-refractivity contribution in [2.45, 2.75) is 20.0 Å². The van der Waals surface area contributed by atoms with Crippen LogP contribution in [0.1, 0.15) is 16.8 Å². The standard InChI is InChI=1S/C16H23N3O2/c1-13-15(10-17-8-9-20-2)12-19(18-13)11-14-6-4-5-7-16(14)21-3/h4-7,12,17H,8-11H2,1-3H3. The molecule has 1 heterocycles. The normalized spacial score (nSPS) is 10.8. The van der Waals surface area contributed by atoms with Crippen LogP contribution in [0.2, 0.25) is 0 Å². The van der Waals surface area contributed by atoms with Crippen molar-refractivity contribution in [3.05, 3.63) is 47.3 Å². The second-order valence-corrected chi connectivity index (χ2v) is 4.92. The molecule has 1 N–H and O–H groups in total. The van der Waals surface area contributed by atoms with Crippen LogP contribution in [0, 0.1) is 6.92 Å². The molecule has 114 valence electrons. The molecular weight excluding hydrogens is 266 g/mol. The summed E-state index contributed by atoms with van der Waals surface area (Å²) in [5.74, 6) is 0.894. The fourth-order valence-corrected chi connectivity index (χ4v) is 2.22. The third-order valence-electron chi connectivity index (χ3n) is 3.37. The topological polar surface area (TPSA) is 48.3 Å². The van der Waals surface area contributed by atoms with Gasteiger partial charge in [-0.05, 0) is 13.0 Å². The summed E-state index contributed by atoms with van der Waals surface area (Å²) in [5, 5.41) is 7.91. The molecule has 0 unspecified atom stereocenters. The van der Waals surface area contributed by atoms with Crippen molar-refractivity contribution >= 4 is 0 Å². The first-order valence-electron chi connectivity index (χ1n) is 7.09. The Labute approximate surface area is 125 Å². The van der Waals surface area contributed by atoms with E-state index in [1.165, 1.54) is 5.56 Å². The van der Waals surface area contributed by atoms with Crippen molar-refractivity contribution < 1.29 is 9.47 Å². The molecule has 1 aromatic heterocycles. The van der Waals surface area contributed by atoms with Gasteiger partial charge in [0, 0.05) is 37.5 Å². The van der Waals surface area contributed by atoms with Crippen LogP contribution in [0.25, 0.3) is 0 Å². The molecule has 2 rings (SSSR count). The van der Waals surface area contributed by atoms with Gasteiger partial charge in [-0.1, -0.05) is 18.2 Å². The Bertz CT molecular complexity index is 566. The minimum absolute atomic E-state index is 0.711. The number of aromatic nitrogens is 2. The lowest BCUT2D eigenvalue weighted by Crippen LogP contribution is -2.18. The fraction of sp³-hybridized carbons (Fsp3) is 0.438. The third-order valence-corrected chi connectivity index (χ3v) is 3.37. The molecule has 0 saturated heterocycles. The number of rotatable bonds is 8. The van der Waals surface area contributed by atoms with Gasteiger partial charge in [0.1, 0.15) is 5.75 Å². The zero-order chi connectivity index (χ0) is 15.1. The van der Waals surface area contributed by atoms with E-state index in [0.717, 1.165) is 30.1 Å². The average molecular weight is 289 g/mol. The van der Waals surface area contributed by atoms with Gasteiger partial charge in [-0.15, -0.1) is 0 Å². The summed E-state index contributed by atoms with van der Waals surface area (Å²) >= 11 is 0. The van der Waals surface area contributed by atoms with Gasteiger partial charge < -0.3 is 14.8 Å². The molecular formula is C16H23N3O2. The van der Waals surface area contributed by atoms with Gasteiger partial charge in [0.05, 0.1) is 26.0 Å². The maximum Gasteiger partial charge on any atom is 0.123 e. The Hall–Kier alpha value is -1.85. The Morgan fingerprint density at radius 3 is 2.76 bits per heavy atom. The van der Waals surface area contributed by atoms with Crippen molar-refractivity contribution in [2.24, 2.45) is 0 Å². The highest BCUT2D eigenvalue weighted by Crippen LogP contribution is 2.18. The molecule has 0 radical (unpaired) electrons. The zero-order valence-corrected chi connectivity index (χ0v) is 12.9. The molecule has 0 bridgehead atoms. The van der Waals surface area contributed by atoms with Crippen LogP contribution in [-0.4, -0.2) is 37.2 Å². The summed E-state index contributed by atoms with van der Waals surface area (Å²) in [5.41, 5.74) is 3.39. The molecule has 5 heteroatoms. The van der Waals surface area contributed by atoms with Gasteiger partial charge in [0.2, 0.25) is 0 Å². The summed E-state index contributed by atoms with van der Waals surface area (Å²) < 4.78 is 12.4. The molecule has 1 aromatic carbocycles. The SMILES string of the molecule is COCCNCc1cn(Cc2ccccc2OC)nc1C. The average Bonchev–Trinajstić information content (AvgIpc) is 2.84. The molecule has 21 heavy (non-hydrogen) atoms. The van der Waals surface area contributed by atoms with E-state index in [-0.39, 0.29) is 0 Å². The predicted molar refractivity (Wildman–Crippen MR) is 82.6 cm³/mol. The number of ether oxygens (including phenoxy) is 2. The quantitative estimate of drug-likeness (QED) is 0.755. The Kier molecular flexibility index (Phi) is 5.78. The first kappa shape index (κ1) is 15.5. The molecule has 0 atom stereocenters. The molecule has 0 spiro atoms. The molecule has 0 saturated carbocycles. The first-order valence-corrected chi connectivity index (χ1v) is 7.09. The Balaban J connectivity index is 2.01. The molecule has 0 amide bonds. The van der Waals surface area contributed by atoms with Crippen molar-refractivity contribution in [2.75, 3.05) is 27.4 Å². The summed E-state index contributed by atoms with van der Waals surface area (Å²) in [7, 11) is 3.40. The zero-order valence-electron chi connectivity index (χ0n) is 12.9. The summed E-state index contributed by atoms with van der Waals surface area (Å²) in [6.07, 6.45) is 2.08. The van der Waals surface area contributed by atoms with E-state index in [0.29, 0.717) is 13.2 Å². The van der Waals surface area contributed by atoms with E-state index in [2.05, 4.69) is 22.7 Å². The minimum Gasteiger partial charge on any atom is -0.496 e. The van der Waals surface area contributed by atoms with Crippen LogP contribution in [-0.2, 0) is 17.8 Å². The Morgan fingerprint density at radius 1 is 1.19 bits per heavy atom. The molecule has 2 aromatic rings. The number of nitrogens with one attached hydrogen (secondary N) is 1. The first-order chi connectivity index (χ1) is 10.2. The van der Waals surface area contributed by atoms with Gasteiger partial charge in [0.15, 0.2) is 0 Å². The highest BCUT2D eigenvalue weighted by molar-refractivity contribution is 5.33. The van der Waals surface area contributed by atoms with Crippen LogP contribution in [0.4, 0.5) is 0 Å². The van der Waals surface area contributed by atoms with Crippen molar-refractivity contribution in [3.63, 3.8) is 0 Å². The van der Waals surface area contributed by atoms with E-state index < -0.39 is 0 Å². The Morgan fingerprint density at radius 2 is 2.00 bits per heavy atom. The summed E-state index contributed by atoms with van der Waals surface area (Å²) in [4.78, 5) is 0. The smallest absolute Gasteiger partial charge is 0.123 e. The van der Waals surface area contributed by atoms with E-state index in [1.807, 2.05) is 29.8 Å². The van der Waals surface area contributed by atoms with Crippen LogP contribution in [0.15, 0.2) is 30.5 Å². The van der Waals surface area contributed by atoms with Crippen molar-refractivity contribution in [1.29, 1.82) is 0 Å². The number of aryl methyl sites for hydroxylation is 1. The maximum atomic E-state index is 5.38. The fourth-order valence-electron chi connectivity index (χ4n) is 2.22. The van der Waals surface area contributed by atoms with Crippen LogP contribution >= 0.6 is 0 Å². The largest absolute Gasteiger partial charge is 0.496 e. The second kappa shape index (κ2) is 7.81. The lowest BCUT2D eigenvalue weighted by atomic mass is 10.2. The molecule has 5 nitrogen and oxygen atoms in total. The number of hydrogen-bond acceptors (Lipinski definition) is 4. The highest BCUT2D eigenvalue weighted by atomic mass is 16.5. The monoisotopic (exact) mass is 289 g/mol. The van der Waals surface area contributed by atoms with Gasteiger partial charge >= 0.3 is 0 Å². The van der Waals surface area contributed by atoms with Gasteiger partial charge in [0.25, 0.3) is 0 Å².